The minimum atomic E-state index is -0.0299. The highest BCUT2D eigenvalue weighted by Gasteiger charge is 2.24. The third kappa shape index (κ3) is 4.04. The molecule has 0 radical (unpaired) electrons. The van der Waals surface area contributed by atoms with Gasteiger partial charge in [0.2, 0.25) is 0 Å². The van der Waals surface area contributed by atoms with E-state index >= 15 is 0 Å². The van der Waals surface area contributed by atoms with E-state index in [0.717, 1.165) is 49.9 Å². The van der Waals surface area contributed by atoms with Gasteiger partial charge in [0, 0.05) is 20.1 Å². The van der Waals surface area contributed by atoms with Crippen molar-refractivity contribution < 1.29 is 9.26 Å². The van der Waals surface area contributed by atoms with Gasteiger partial charge in [-0.2, -0.15) is 4.98 Å². The van der Waals surface area contributed by atoms with E-state index in [1.807, 2.05) is 7.05 Å². The summed E-state index contributed by atoms with van der Waals surface area (Å²) in [4.78, 5) is 4.45. The highest BCUT2D eigenvalue weighted by atomic mass is 32.2. The minimum absolute atomic E-state index is 0.0299. The van der Waals surface area contributed by atoms with Gasteiger partial charge in [0.25, 0.3) is 5.89 Å². The number of rotatable bonds is 6. The van der Waals surface area contributed by atoms with Gasteiger partial charge in [0.1, 0.15) is 11.9 Å². The van der Waals surface area contributed by atoms with Crippen LogP contribution in [0.5, 0.6) is 0 Å². The van der Waals surface area contributed by atoms with Crippen molar-refractivity contribution in [1.82, 2.24) is 30.2 Å². The summed E-state index contributed by atoms with van der Waals surface area (Å²) >= 11 is 1.59. The number of ether oxygens (including phenoxy) is 1. The second-order valence-corrected chi connectivity index (χ2v) is 7.64. The average Bonchev–Trinajstić information content (AvgIpc) is 3.37. The van der Waals surface area contributed by atoms with Crippen LogP contribution in [0.15, 0.2) is 9.68 Å². The average molecular weight is 364 g/mol. The van der Waals surface area contributed by atoms with Gasteiger partial charge >= 0.3 is 0 Å². The molecule has 1 N–H and O–H groups in total. The summed E-state index contributed by atoms with van der Waals surface area (Å²) in [5.41, 5.74) is 0. The van der Waals surface area contributed by atoms with Crippen molar-refractivity contribution in [1.29, 1.82) is 0 Å². The smallest absolute Gasteiger partial charge is 0.255 e. The summed E-state index contributed by atoms with van der Waals surface area (Å²) < 4.78 is 13.0. The molecule has 1 atom stereocenters. The zero-order chi connectivity index (χ0) is 17.1. The van der Waals surface area contributed by atoms with Gasteiger partial charge in [-0.3, -0.25) is 0 Å². The number of hydrogen-bond donors (Lipinski definition) is 1. The van der Waals surface area contributed by atoms with Crippen LogP contribution in [0.2, 0.25) is 0 Å². The number of aromatic nitrogens is 5. The molecule has 0 bridgehead atoms. The molecule has 25 heavy (non-hydrogen) atoms. The molecule has 2 aromatic heterocycles. The van der Waals surface area contributed by atoms with Crippen molar-refractivity contribution in [3.8, 4) is 0 Å². The molecule has 136 valence electrons. The fourth-order valence-electron chi connectivity index (χ4n) is 3.35. The number of piperidine rings is 1. The van der Waals surface area contributed by atoms with Gasteiger partial charge in [-0.1, -0.05) is 16.9 Å². The van der Waals surface area contributed by atoms with E-state index < -0.39 is 0 Å². The molecule has 0 spiro atoms. The Labute approximate surface area is 151 Å². The molecule has 8 nitrogen and oxygen atoms in total. The van der Waals surface area contributed by atoms with Gasteiger partial charge < -0.3 is 19.1 Å². The molecule has 0 saturated carbocycles. The molecule has 0 amide bonds. The van der Waals surface area contributed by atoms with Crippen LogP contribution in [0.4, 0.5) is 0 Å². The Balaban J connectivity index is 1.33. The molecule has 1 unspecified atom stereocenters. The summed E-state index contributed by atoms with van der Waals surface area (Å²) in [7, 11) is 2.03. The predicted molar refractivity (Wildman–Crippen MR) is 92.1 cm³/mol. The van der Waals surface area contributed by atoms with Gasteiger partial charge in [-0.15, -0.1) is 10.2 Å². The molecule has 9 heteroatoms. The molecule has 0 aromatic carbocycles. The Morgan fingerprint density at radius 3 is 2.92 bits per heavy atom. The number of thioether (sulfide) groups is 1. The monoisotopic (exact) mass is 364 g/mol. The number of hydrogen-bond acceptors (Lipinski definition) is 8. The summed E-state index contributed by atoms with van der Waals surface area (Å²) in [6.07, 6.45) is 5.40. The fourth-order valence-corrected chi connectivity index (χ4v) is 4.12. The fraction of sp³-hybridized carbons (Fsp3) is 0.750. The summed E-state index contributed by atoms with van der Waals surface area (Å²) in [6, 6.07) is 0. The largest absolute Gasteiger partial charge is 0.368 e. The predicted octanol–water partition coefficient (Wildman–Crippen LogP) is 1.88. The van der Waals surface area contributed by atoms with Crippen molar-refractivity contribution in [3.63, 3.8) is 0 Å². The van der Waals surface area contributed by atoms with Crippen molar-refractivity contribution in [3.05, 3.63) is 17.5 Å². The van der Waals surface area contributed by atoms with E-state index in [2.05, 4.69) is 30.2 Å². The first-order chi connectivity index (χ1) is 12.3. The first-order valence-corrected chi connectivity index (χ1v) is 9.94. The van der Waals surface area contributed by atoms with Gasteiger partial charge in [0.05, 0.1) is 5.75 Å². The first-order valence-electron chi connectivity index (χ1n) is 8.95. The SMILES string of the molecule is Cn1c(CC2CCNCC2)nnc1SCc1noc(C2CCCO2)n1. The van der Waals surface area contributed by atoms with Crippen LogP contribution in [0.3, 0.4) is 0 Å². The molecule has 2 aliphatic rings. The summed E-state index contributed by atoms with van der Waals surface area (Å²) in [5.74, 6) is 3.65. The normalized spacial score (nSPS) is 21.9. The van der Waals surface area contributed by atoms with Crippen molar-refractivity contribution in [2.45, 2.75) is 49.1 Å². The number of nitrogens with one attached hydrogen (secondary N) is 1. The van der Waals surface area contributed by atoms with Crippen LogP contribution in [-0.4, -0.2) is 44.6 Å². The van der Waals surface area contributed by atoms with Crippen molar-refractivity contribution in [2.24, 2.45) is 13.0 Å². The quantitative estimate of drug-likeness (QED) is 0.777. The summed E-state index contributed by atoms with van der Waals surface area (Å²) in [6.45, 7) is 2.99. The van der Waals surface area contributed by atoms with Crippen LogP contribution in [-0.2, 0) is 24.0 Å². The molecular formula is C16H24N6O2S. The van der Waals surface area contributed by atoms with E-state index in [1.54, 1.807) is 11.8 Å². The Morgan fingerprint density at radius 1 is 1.24 bits per heavy atom. The molecular weight excluding hydrogens is 340 g/mol. The van der Waals surface area contributed by atoms with Crippen LogP contribution >= 0.6 is 11.8 Å². The molecule has 2 saturated heterocycles. The second-order valence-electron chi connectivity index (χ2n) is 6.69. The van der Waals surface area contributed by atoms with E-state index in [-0.39, 0.29) is 6.10 Å². The third-order valence-corrected chi connectivity index (χ3v) is 5.89. The zero-order valence-corrected chi connectivity index (χ0v) is 15.3. The second kappa shape index (κ2) is 7.84. The maximum absolute atomic E-state index is 5.58. The zero-order valence-electron chi connectivity index (χ0n) is 14.5. The van der Waals surface area contributed by atoms with Crippen LogP contribution in [0, 0.1) is 5.92 Å². The first kappa shape index (κ1) is 17.0. The summed E-state index contributed by atoms with van der Waals surface area (Å²) in [5, 5.41) is 17.1. The van der Waals surface area contributed by atoms with Crippen LogP contribution in [0.25, 0.3) is 0 Å². The lowest BCUT2D eigenvalue weighted by Crippen LogP contribution is -2.29. The Bertz CT molecular complexity index is 691. The van der Waals surface area contributed by atoms with Crippen LogP contribution in [0.1, 0.15) is 49.3 Å². The van der Waals surface area contributed by atoms with E-state index in [1.165, 1.54) is 12.8 Å². The van der Waals surface area contributed by atoms with E-state index in [0.29, 0.717) is 23.4 Å². The molecule has 4 rings (SSSR count). The van der Waals surface area contributed by atoms with Crippen LogP contribution < -0.4 is 5.32 Å². The van der Waals surface area contributed by atoms with Crippen molar-refractivity contribution in [2.75, 3.05) is 19.7 Å². The Kier molecular flexibility index (Phi) is 5.33. The van der Waals surface area contributed by atoms with Gasteiger partial charge in [-0.25, -0.2) is 0 Å². The lowest BCUT2D eigenvalue weighted by atomic mass is 9.94. The standard InChI is InChI=1S/C16H24N6O2S/c1-22-14(9-11-4-6-17-7-5-11)19-20-16(22)25-10-13-18-15(24-21-13)12-3-2-8-23-12/h11-12,17H,2-10H2,1H3. The lowest BCUT2D eigenvalue weighted by molar-refractivity contribution is 0.0835. The minimum Gasteiger partial charge on any atom is -0.368 e. The van der Waals surface area contributed by atoms with Crippen molar-refractivity contribution >= 4 is 11.8 Å². The lowest BCUT2D eigenvalue weighted by Gasteiger charge is -2.21. The van der Waals surface area contributed by atoms with Gasteiger partial charge in [-0.05, 0) is 44.7 Å². The topological polar surface area (TPSA) is 90.9 Å². The molecule has 4 heterocycles. The Hall–Kier alpha value is -1.45. The highest BCUT2D eigenvalue weighted by molar-refractivity contribution is 7.98. The molecule has 0 aliphatic carbocycles. The third-order valence-electron chi connectivity index (χ3n) is 4.87. The molecule has 2 fully saturated rings. The molecule has 2 aliphatic heterocycles. The highest BCUT2D eigenvalue weighted by Crippen LogP contribution is 2.28. The Morgan fingerprint density at radius 2 is 2.12 bits per heavy atom. The molecule has 2 aromatic rings. The van der Waals surface area contributed by atoms with E-state index in [4.69, 9.17) is 9.26 Å². The maximum Gasteiger partial charge on any atom is 0.255 e. The number of nitrogens with zero attached hydrogens (tertiary/aromatic N) is 5. The maximum atomic E-state index is 5.58. The van der Waals surface area contributed by atoms with E-state index in [9.17, 15) is 0 Å². The van der Waals surface area contributed by atoms with Gasteiger partial charge in [0.15, 0.2) is 11.0 Å².